The van der Waals surface area contributed by atoms with E-state index < -0.39 is 0 Å². The Morgan fingerprint density at radius 2 is 2.20 bits per heavy atom. The highest BCUT2D eigenvalue weighted by Gasteiger charge is 2.19. The largest absolute Gasteiger partial charge is 0.537 e. The van der Waals surface area contributed by atoms with Gasteiger partial charge in [-0.3, -0.25) is 4.79 Å². The molecule has 0 saturated heterocycles. The molecule has 1 aliphatic heterocycles. The van der Waals surface area contributed by atoms with E-state index in [1.54, 1.807) is 17.0 Å². The molecule has 0 unspecified atom stereocenters. The minimum absolute atomic E-state index is 0.215. The molecule has 7 nitrogen and oxygen atoms in total. The zero-order valence-corrected chi connectivity index (χ0v) is 17.1. The topological polar surface area (TPSA) is 81.2 Å². The first kappa shape index (κ1) is 19.3. The molecule has 1 aromatic carbocycles. The fourth-order valence-corrected chi connectivity index (χ4v) is 3.19. The number of fused-ring (bicyclic) bond motifs is 1. The molecule has 0 atom stereocenters. The monoisotopic (exact) mass is 399 g/mol. The van der Waals surface area contributed by atoms with E-state index in [9.17, 15) is 4.79 Å². The summed E-state index contributed by atoms with van der Waals surface area (Å²) in [5.41, 5.74) is 3.52. The van der Waals surface area contributed by atoms with Crippen molar-refractivity contribution in [2.45, 2.75) is 26.7 Å². The van der Waals surface area contributed by atoms with Crippen molar-refractivity contribution in [2.24, 2.45) is 0 Å². The molecule has 1 amide bonds. The molecule has 1 aliphatic carbocycles. The van der Waals surface area contributed by atoms with Gasteiger partial charge in [-0.25, -0.2) is 0 Å². The molecule has 2 aromatic rings. The standard InChI is InChI=1S/C23H20N5O2/c1-4-16-6-7-17(12-16)22(29)25-21-13-18(23(30-3)27-26-21)9-10-28-14-24-19-11-15(2)5-8-20(19)28/h5,7-8,11-14H,4,6H2,1-3H3/q+1/p+1. The van der Waals surface area contributed by atoms with Crippen LogP contribution in [0.5, 0.6) is 5.88 Å². The Hall–Kier alpha value is -4.01. The van der Waals surface area contributed by atoms with Crippen LogP contribution in [0.25, 0.3) is 0 Å². The fourth-order valence-electron chi connectivity index (χ4n) is 3.19. The number of rotatable bonds is 4. The maximum absolute atomic E-state index is 12.5. The first-order valence-corrected chi connectivity index (χ1v) is 9.65. The van der Waals surface area contributed by atoms with Crippen LogP contribution in [0.2, 0.25) is 0 Å². The van der Waals surface area contributed by atoms with E-state index >= 15 is 0 Å². The van der Waals surface area contributed by atoms with Crippen molar-refractivity contribution in [3.63, 3.8) is 0 Å². The second-order valence-corrected chi connectivity index (χ2v) is 6.97. The highest BCUT2D eigenvalue weighted by atomic mass is 16.5. The molecule has 0 bridgehead atoms. The number of amides is 1. The van der Waals surface area contributed by atoms with Crippen molar-refractivity contribution in [3.05, 3.63) is 69.4 Å². The minimum Gasteiger partial charge on any atom is -0.479 e. The van der Waals surface area contributed by atoms with Gasteiger partial charge in [0.2, 0.25) is 11.9 Å². The van der Waals surface area contributed by atoms with Gasteiger partial charge in [-0.1, -0.05) is 30.7 Å². The van der Waals surface area contributed by atoms with Gasteiger partial charge in [-0.05, 0) is 34.6 Å². The summed E-state index contributed by atoms with van der Waals surface area (Å²) in [7, 11) is 1.50. The van der Waals surface area contributed by atoms with Crippen LogP contribution < -0.4 is 30.0 Å². The molecular formula is C23H21N5O2+2. The van der Waals surface area contributed by atoms with Gasteiger partial charge in [0.15, 0.2) is 5.82 Å². The van der Waals surface area contributed by atoms with Gasteiger partial charge in [-0.2, -0.15) is 0 Å². The summed E-state index contributed by atoms with van der Waals surface area (Å²) in [6.45, 7) is 4.10. The molecule has 0 saturated carbocycles. The summed E-state index contributed by atoms with van der Waals surface area (Å²) in [4.78, 5) is 12.5. The SMILES string of the molecule is CCC1=CC(C(=O)Nc2cc(C#C[N+]3=c4ccc(C)cc4=[N+]=C3)c(OC)nn2)=CC1. The number of carbonyl (C=O) groups excluding carboxylic acids is 1. The summed E-state index contributed by atoms with van der Waals surface area (Å²) in [6.07, 6.45) is 7.24. The molecule has 1 N–H and O–H groups in total. The molecule has 148 valence electrons. The Morgan fingerprint density at radius 3 is 2.97 bits per heavy atom. The number of allylic oxidation sites excluding steroid dienone is 2. The number of aromatic nitrogens is 2. The minimum atomic E-state index is -0.215. The predicted octanol–water partition coefficient (Wildman–Crippen LogP) is 0.628. The Labute approximate surface area is 173 Å². The van der Waals surface area contributed by atoms with Crippen molar-refractivity contribution >= 4 is 18.1 Å². The molecule has 7 heteroatoms. The number of ether oxygens (including phenoxy) is 1. The van der Waals surface area contributed by atoms with Crippen molar-refractivity contribution < 1.29 is 9.53 Å². The van der Waals surface area contributed by atoms with Crippen LogP contribution in [0, 0.1) is 18.9 Å². The molecular weight excluding hydrogens is 378 g/mol. The molecule has 4 rings (SSSR count). The van der Waals surface area contributed by atoms with E-state index in [0.717, 1.165) is 29.1 Å². The average Bonchev–Trinajstić information content (AvgIpc) is 3.39. The Balaban J connectivity index is 1.61. The number of aryl methyl sites for hydroxylation is 1. The van der Waals surface area contributed by atoms with Gasteiger partial charge >= 0.3 is 17.1 Å². The quantitative estimate of drug-likeness (QED) is 0.465. The number of carbonyl (C=O) groups is 1. The van der Waals surface area contributed by atoms with Crippen molar-refractivity contribution in [1.29, 1.82) is 0 Å². The van der Waals surface area contributed by atoms with Gasteiger partial charge in [0.05, 0.1) is 12.7 Å². The Kier molecular flexibility index (Phi) is 5.25. The second kappa shape index (κ2) is 8.16. The molecule has 0 spiro atoms. The lowest BCUT2D eigenvalue weighted by atomic mass is 10.2. The third-order valence-corrected chi connectivity index (χ3v) is 4.87. The third-order valence-electron chi connectivity index (χ3n) is 4.87. The highest BCUT2D eigenvalue weighted by Crippen LogP contribution is 2.22. The first-order valence-electron chi connectivity index (χ1n) is 9.65. The first-order chi connectivity index (χ1) is 14.6. The number of hydrogen-bond acceptors (Lipinski definition) is 4. The number of hydrogen-bond donors (Lipinski definition) is 1. The Morgan fingerprint density at radius 1 is 1.33 bits per heavy atom. The zero-order chi connectivity index (χ0) is 21.1. The van der Waals surface area contributed by atoms with Crippen LogP contribution in [0.4, 0.5) is 5.82 Å². The Bertz CT molecular complexity index is 1340. The van der Waals surface area contributed by atoms with Crippen LogP contribution in [-0.4, -0.2) is 29.6 Å². The fraction of sp³-hybridized carbons (Fsp3) is 0.217. The molecule has 30 heavy (non-hydrogen) atoms. The third kappa shape index (κ3) is 3.90. The molecule has 1 aromatic heterocycles. The summed E-state index contributed by atoms with van der Waals surface area (Å²) in [5, 5.41) is 12.6. The van der Waals surface area contributed by atoms with Crippen LogP contribution in [0.15, 0.2) is 47.6 Å². The van der Waals surface area contributed by atoms with E-state index in [4.69, 9.17) is 4.74 Å². The van der Waals surface area contributed by atoms with E-state index in [1.807, 2.05) is 37.3 Å². The van der Waals surface area contributed by atoms with Gasteiger partial charge < -0.3 is 10.1 Å². The predicted molar refractivity (Wildman–Crippen MR) is 114 cm³/mol. The number of anilines is 1. The van der Waals surface area contributed by atoms with Gasteiger partial charge in [0.1, 0.15) is 0 Å². The van der Waals surface area contributed by atoms with Crippen LogP contribution in [-0.2, 0) is 4.79 Å². The normalized spacial score (nSPS) is 13.6. The van der Waals surface area contributed by atoms with Gasteiger partial charge in [0.25, 0.3) is 5.91 Å². The highest BCUT2D eigenvalue weighted by molar-refractivity contribution is 6.05. The lowest BCUT2D eigenvalue weighted by Gasteiger charge is -2.05. The van der Waals surface area contributed by atoms with Crippen molar-refractivity contribution in [1.82, 2.24) is 19.4 Å². The van der Waals surface area contributed by atoms with E-state index in [2.05, 4.69) is 39.1 Å². The number of benzene rings is 1. The van der Waals surface area contributed by atoms with Crippen molar-refractivity contribution in [2.75, 3.05) is 12.4 Å². The molecule has 0 radical (unpaired) electrons. The number of nitrogens with zero attached hydrogens (tertiary/aromatic N) is 4. The lowest BCUT2D eigenvalue weighted by Crippen LogP contribution is -2.32. The van der Waals surface area contributed by atoms with Crippen LogP contribution in [0.1, 0.15) is 30.9 Å². The van der Waals surface area contributed by atoms with E-state index in [1.165, 1.54) is 12.7 Å². The van der Waals surface area contributed by atoms with Crippen molar-refractivity contribution in [3.8, 4) is 17.8 Å². The van der Waals surface area contributed by atoms with Crippen LogP contribution >= 0.6 is 0 Å². The maximum Gasteiger partial charge on any atom is 0.537 e. The van der Waals surface area contributed by atoms with E-state index in [-0.39, 0.29) is 11.8 Å². The summed E-state index contributed by atoms with van der Waals surface area (Å²) >= 11 is 0. The van der Waals surface area contributed by atoms with E-state index in [0.29, 0.717) is 17.0 Å². The smallest absolute Gasteiger partial charge is 0.479 e. The maximum atomic E-state index is 12.5. The lowest BCUT2D eigenvalue weighted by molar-refractivity contribution is -0.112. The second-order valence-electron chi connectivity index (χ2n) is 6.97. The summed E-state index contributed by atoms with van der Waals surface area (Å²) < 4.78 is 11.4. The van der Waals surface area contributed by atoms with Gasteiger partial charge in [0, 0.05) is 29.7 Å². The summed E-state index contributed by atoms with van der Waals surface area (Å²) in [5.74, 6) is 3.43. The molecule has 2 heterocycles. The zero-order valence-electron chi connectivity index (χ0n) is 17.1. The summed E-state index contributed by atoms with van der Waals surface area (Å²) in [6, 6.07) is 10.7. The molecule has 2 aliphatic rings. The number of methoxy groups -OCH3 is 1. The van der Waals surface area contributed by atoms with Gasteiger partial charge in [-0.15, -0.1) is 10.2 Å². The van der Waals surface area contributed by atoms with Crippen LogP contribution in [0.3, 0.4) is 0 Å². The average molecular weight is 399 g/mol. The number of nitrogens with one attached hydrogen (secondary N) is 1. The molecule has 0 fully saturated rings.